The van der Waals surface area contributed by atoms with E-state index in [4.69, 9.17) is 5.26 Å². The maximum absolute atomic E-state index is 13.5. The normalized spacial score (nSPS) is 19.1. The monoisotopic (exact) mass is 259 g/mol. The van der Waals surface area contributed by atoms with Gasteiger partial charge in [-0.1, -0.05) is 0 Å². The predicted molar refractivity (Wildman–Crippen MR) is 53.1 cm³/mol. The predicted octanol–water partition coefficient (Wildman–Crippen LogP) is 2.99. The van der Waals surface area contributed by atoms with Gasteiger partial charge < -0.3 is 0 Å². The Kier molecular flexibility index (Phi) is 2.97. The van der Waals surface area contributed by atoms with Crippen LogP contribution in [0.3, 0.4) is 0 Å². The molecule has 0 spiro atoms. The Balaban J connectivity index is 2.15. The Morgan fingerprint density at radius 3 is 2.28 bits per heavy atom. The number of halogens is 4. The second-order valence-corrected chi connectivity index (χ2v) is 4.37. The number of hydrogen-bond acceptors (Lipinski definition) is 3. The third-order valence-corrected chi connectivity index (χ3v) is 2.85. The molecule has 1 fully saturated rings. The Bertz CT molecular complexity index is 471. The molecule has 1 atom stereocenters. The molecular weight excluding hydrogens is 250 g/mol. The topological polar surface area (TPSA) is 49.6 Å². The fourth-order valence-electron chi connectivity index (χ4n) is 1.61. The Morgan fingerprint density at radius 2 is 1.89 bits per heavy atom. The molecular formula is C11H9F4N3. The first kappa shape index (κ1) is 12.7. The van der Waals surface area contributed by atoms with Gasteiger partial charge in [0.15, 0.2) is 0 Å². The van der Waals surface area contributed by atoms with Crippen molar-refractivity contribution in [3.8, 4) is 6.07 Å². The number of rotatable bonds is 3. The summed E-state index contributed by atoms with van der Waals surface area (Å²) in [6.07, 6.45) is -1.96. The van der Waals surface area contributed by atoms with Crippen LogP contribution in [0.25, 0.3) is 0 Å². The fourth-order valence-corrected chi connectivity index (χ4v) is 1.61. The molecule has 0 unspecified atom stereocenters. The van der Waals surface area contributed by atoms with Gasteiger partial charge in [-0.15, -0.1) is 0 Å². The standard InChI is InChI=1S/C11H9F4N3/c12-10(1-2-10)3-7(4-16)8-5-17-9(18-6-8)11(13,14)15/h5-7H,1-3H2/t7-/m0/s1. The highest BCUT2D eigenvalue weighted by atomic mass is 19.4. The third-order valence-electron chi connectivity index (χ3n) is 2.85. The summed E-state index contributed by atoms with van der Waals surface area (Å²) in [7, 11) is 0. The second kappa shape index (κ2) is 4.19. The summed E-state index contributed by atoms with van der Waals surface area (Å²) in [5.41, 5.74) is -1.13. The van der Waals surface area contributed by atoms with E-state index in [-0.39, 0.29) is 12.0 Å². The van der Waals surface area contributed by atoms with Crippen LogP contribution in [-0.4, -0.2) is 15.6 Å². The van der Waals surface area contributed by atoms with Crippen molar-refractivity contribution < 1.29 is 17.6 Å². The quantitative estimate of drug-likeness (QED) is 0.784. The molecule has 1 aromatic heterocycles. The van der Waals surface area contributed by atoms with Crippen molar-refractivity contribution in [1.82, 2.24) is 9.97 Å². The van der Waals surface area contributed by atoms with E-state index in [1.807, 2.05) is 6.07 Å². The molecule has 0 N–H and O–H groups in total. The molecule has 7 heteroatoms. The minimum atomic E-state index is -4.61. The molecule has 0 bridgehead atoms. The lowest BCUT2D eigenvalue weighted by atomic mass is 9.96. The van der Waals surface area contributed by atoms with Gasteiger partial charge in [-0.2, -0.15) is 18.4 Å². The van der Waals surface area contributed by atoms with Crippen molar-refractivity contribution in [1.29, 1.82) is 5.26 Å². The van der Waals surface area contributed by atoms with E-state index in [1.54, 1.807) is 0 Å². The van der Waals surface area contributed by atoms with E-state index in [9.17, 15) is 17.6 Å². The lowest BCUT2D eigenvalue weighted by molar-refractivity contribution is -0.145. The van der Waals surface area contributed by atoms with Gasteiger partial charge in [0.2, 0.25) is 5.82 Å². The van der Waals surface area contributed by atoms with E-state index in [0.29, 0.717) is 12.8 Å². The van der Waals surface area contributed by atoms with Crippen LogP contribution in [0, 0.1) is 11.3 Å². The zero-order valence-electron chi connectivity index (χ0n) is 9.21. The van der Waals surface area contributed by atoms with Gasteiger partial charge in [0.05, 0.1) is 12.0 Å². The SMILES string of the molecule is N#C[C@H](CC1(F)CC1)c1cnc(C(F)(F)F)nc1. The average molecular weight is 259 g/mol. The minimum Gasteiger partial charge on any atom is -0.244 e. The molecule has 0 amide bonds. The summed E-state index contributed by atoms with van der Waals surface area (Å²) in [6.45, 7) is 0. The van der Waals surface area contributed by atoms with E-state index < -0.39 is 23.6 Å². The summed E-state index contributed by atoms with van der Waals surface area (Å²) >= 11 is 0. The van der Waals surface area contributed by atoms with Crippen LogP contribution in [0.5, 0.6) is 0 Å². The third kappa shape index (κ3) is 2.75. The molecule has 0 radical (unpaired) electrons. The summed E-state index contributed by atoms with van der Waals surface area (Å²) < 4.78 is 50.2. The van der Waals surface area contributed by atoms with Crippen molar-refractivity contribution in [3.05, 3.63) is 23.8 Å². The van der Waals surface area contributed by atoms with Crippen LogP contribution < -0.4 is 0 Å². The molecule has 2 rings (SSSR count). The van der Waals surface area contributed by atoms with E-state index in [1.165, 1.54) is 0 Å². The zero-order chi connectivity index (χ0) is 13.4. The first-order chi connectivity index (χ1) is 8.34. The zero-order valence-corrected chi connectivity index (χ0v) is 9.21. The highest BCUT2D eigenvalue weighted by Crippen LogP contribution is 2.46. The lowest BCUT2D eigenvalue weighted by Gasteiger charge is -2.12. The van der Waals surface area contributed by atoms with Crippen LogP contribution in [0.15, 0.2) is 12.4 Å². The summed E-state index contributed by atoms with van der Waals surface area (Å²) in [5, 5.41) is 8.91. The van der Waals surface area contributed by atoms with Crippen molar-refractivity contribution >= 4 is 0 Å². The molecule has 96 valence electrons. The second-order valence-electron chi connectivity index (χ2n) is 4.37. The minimum absolute atomic E-state index is 0.0157. The number of nitriles is 1. The van der Waals surface area contributed by atoms with E-state index in [0.717, 1.165) is 12.4 Å². The van der Waals surface area contributed by atoms with Gasteiger partial charge in [-0.05, 0) is 12.8 Å². The Hall–Kier alpha value is -1.71. The summed E-state index contributed by atoms with van der Waals surface area (Å²) in [6, 6.07) is 1.87. The lowest BCUT2D eigenvalue weighted by Crippen LogP contribution is -2.13. The number of aromatic nitrogens is 2. The molecule has 3 nitrogen and oxygen atoms in total. The number of nitrogens with zero attached hydrogens (tertiary/aromatic N) is 3. The Labute approximate surface area is 100 Å². The summed E-state index contributed by atoms with van der Waals surface area (Å²) in [5.74, 6) is -2.07. The van der Waals surface area contributed by atoms with Crippen molar-refractivity contribution in [2.75, 3.05) is 0 Å². The molecule has 1 aliphatic carbocycles. The number of alkyl halides is 4. The molecule has 18 heavy (non-hydrogen) atoms. The van der Waals surface area contributed by atoms with E-state index >= 15 is 0 Å². The van der Waals surface area contributed by atoms with Gasteiger partial charge in [-0.3, -0.25) is 0 Å². The van der Waals surface area contributed by atoms with Crippen molar-refractivity contribution in [2.45, 2.75) is 37.0 Å². The molecule has 0 saturated heterocycles. The first-order valence-corrected chi connectivity index (χ1v) is 5.32. The van der Waals surface area contributed by atoms with Crippen LogP contribution in [0.1, 0.15) is 36.6 Å². The van der Waals surface area contributed by atoms with Crippen molar-refractivity contribution in [3.63, 3.8) is 0 Å². The Morgan fingerprint density at radius 1 is 1.33 bits per heavy atom. The highest BCUT2D eigenvalue weighted by Gasteiger charge is 2.45. The van der Waals surface area contributed by atoms with Gasteiger partial charge >= 0.3 is 6.18 Å². The van der Waals surface area contributed by atoms with Gasteiger partial charge in [0.1, 0.15) is 5.67 Å². The van der Waals surface area contributed by atoms with Crippen LogP contribution >= 0.6 is 0 Å². The first-order valence-electron chi connectivity index (χ1n) is 5.32. The smallest absolute Gasteiger partial charge is 0.244 e. The highest BCUT2D eigenvalue weighted by molar-refractivity contribution is 5.21. The maximum atomic E-state index is 13.5. The molecule has 1 aliphatic rings. The molecule has 0 aromatic carbocycles. The van der Waals surface area contributed by atoms with Gasteiger partial charge in [0.25, 0.3) is 0 Å². The molecule has 1 saturated carbocycles. The van der Waals surface area contributed by atoms with Gasteiger partial charge in [0, 0.05) is 24.4 Å². The summed E-state index contributed by atoms with van der Waals surface area (Å²) in [4.78, 5) is 6.32. The van der Waals surface area contributed by atoms with E-state index in [2.05, 4.69) is 9.97 Å². The molecule has 1 aromatic rings. The number of hydrogen-bond donors (Lipinski definition) is 0. The molecule has 1 heterocycles. The maximum Gasteiger partial charge on any atom is 0.451 e. The van der Waals surface area contributed by atoms with Crippen LogP contribution in [0.4, 0.5) is 17.6 Å². The van der Waals surface area contributed by atoms with Gasteiger partial charge in [-0.25, -0.2) is 14.4 Å². The largest absolute Gasteiger partial charge is 0.451 e. The average Bonchev–Trinajstić information content (AvgIpc) is 3.04. The van der Waals surface area contributed by atoms with Crippen molar-refractivity contribution in [2.24, 2.45) is 0 Å². The molecule has 0 aliphatic heterocycles. The van der Waals surface area contributed by atoms with Crippen LogP contribution in [0.2, 0.25) is 0 Å². The fraction of sp³-hybridized carbons (Fsp3) is 0.545. The van der Waals surface area contributed by atoms with Crippen LogP contribution in [-0.2, 0) is 6.18 Å².